The second-order valence-electron chi connectivity index (χ2n) is 7.25. The predicted molar refractivity (Wildman–Crippen MR) is 101 cm³/mol. The Kier molecular flexibility index (Phi) is 5.68. The van der Waals surface area contributed by atoms with Crippen LogP contribution < -0.4 is 5.32 Å². The number of benzene rings is 1. The highest BCUT2D eigenvalue weighted by Gasteiger charge is 2.49. The van der Waals surface area contributed by atoms with E-state index in [9.17, 15) is 14.4 Å². The number of ether oxygens (including phenoxy) is 1. The Labute approximate surface area is 159 Å². The average Bonchev–Trinajstić information content (AvgIpc) is 3.45. The van der Waals surface area contributed by atoms with Crippen LogP contribution in [-0.4, -0.2) is 60.5 Å². The van der Waals surface area contributed by atoms with Crippen LogP contribution >= 0.6 is 0 Å². The first kappa shape index (κ1) is 19.2. The maximum atomic E-state index is 12.6. The number of aryl methyl sites for hydroxylation is 2. The average molecular weight is 373 g/mol. The molecule has 7 heteroatoms. The van der Waals surface area contributed by atoms with Crippen molar-refractivity contribution < 1.29 is 19.1 Å². The number of nitrogens with one attached hydrogen (secondary N) is 1. The Morgan fingerprint density at radius 1 is 1.04 bits per heavy atom. The highest BCUT2D eigenvalue weighted by molar-refractivity contribution is 5.99. The molecule has 7 nitrogen and oxygen atoms in total. The molecule has 1 saturated carbocycles. The maximum absolute atomic E-state index is 12.6. The normalized spacial score (nSPS) is 21.6. The summed E-state index contributed by atoms with van der Waals surface area (Å²) < 4.78 is 4.99. The van der Waals surface area contributed by atoms with Crippen molar-refractivity contribution in [2.24, 2.45) is 11.8 Å². The van der Waals surface area contributed by atoms with Gasteiger partial charge in [0.25, 0.3) is 0 Å². The van der Waals surface area contributed by atoms with Gasteiger partial charge in [-0.15, -0.1) is 0 Å². The summed E-state index contributed by atoms with van der Waals surface area (Å²) in [6, 6.07) is 5.80. The molecule has 1 saturated heterocycles. The fourth-order valence-electron chi connectivity index (χ4n) is 3.37. The SMILES string of the molecule is CCOC(=O)N1CCN(C(=O)C2CC2C(=O)Nc2ccc(C)c(C)c2)CC1. The molecule has 1 aliphatic heterocycles. The Hall–Kier alpha value is -2.57. The molecule has 27 heavy (non-hydrogen) atoms. The van der Waals surface area contributed by atoms with Crippen LogP contribution in [0.3, 0.4) is 0 Å². The molecule has 1 N–H and O–H groups in total. The fourth-order valence-corrected chi connectivity index (χ4v) is 3.37. The quantitative estimate of drug-likeness (QED) is 0.877. The molecule has 3 amide bonds. The van der Waals surface area contributed by atoms with E-state index in [1.54, 1.807) is 16.7 Å². The van der Waals surface area contributed by atoms with Crippen LogP contribution in [0.4, 0.5) is 10.5 Å². The molecule has 1 aromatic carbocycles. The fraction of sp³-hybridized carbons (Fsp3) is 0.550. The van der Waals surface area contributed by atoms with Crippen LogP contribution in [-0.2, 0) is 14.3 Å². The van der Waals surface area contributed by atoms with Gasteiger partial charge in [-0.2, -0.15) is 0 Å². The molecule has 2 aliphatic rings. The summed E-state index contributed by atoms with van der Waals surface area (Å²) in [5.74, 6) is -0.589. The first-order valence-electron chi connectivity index (χ1n) is 9.49. The first-order chi connectivity index (χ1) is 12.9. The minimum Gasteiger partial charge on any atom is -0.450 e. The second kappa shape index (κ2) is 7.98. The van der Waals surface area contributed by atoms with Gasteiger partial charge in [-0.1, -0.05) is 6.07 Å². The molecule has 2 unspecified atom stereocenters. The molecular formula is C20H27N3O4. The molecule has 0 aromatic heterocycles. The summed E-state index contributed by atoms with van der Waals surface area (Å²) >= 11 is 0. The molecule has 146 valence electrons. The van der Waals surface area contributed by atoms with Crippen LogP contribution in [0.2, 0.25) is 0 Å². The van der Waals surface area contributed by atoms with Crippen molar-refractivity contribution in [3.8, 4) is 0 Å². The highest BCUT2D eigenvalue weighted by Crippen LogP contribution is 2.41. The monoisotopic (exact) mass is 373 g/mol. The van der Waals surface area contributed by atoms with Gasteiger partial charge >= 0.3 is 6.09 Å². The smallest absolute Gasteiger partial charge is 0.409 e. The van der Waals surface area contributed by atoms with Gasteiger partial charge in [0.2, 0.25) is 11.8 Å². The van der Waals surface area contributed by atoms with Crippen LogP contribution in [0.1, 0.15) is 24.5 Å². The molecule has 1 aromatic rings. The molecule has 0 radical (unpaired) electrons. The number of nitrogens with zero attached hydrogens (tertiary/aromatic N) is 2. The molecular weight excluding hydrogens is 346 g/mol. The minimum atomic E-state index is -0.332. The van der Waals surface area contributed by atoms with Gasteiger partial charge in [-0.05, 0) is 50.5 Å². The highest BCUT2D eigenvalue weighted by atomic mass is 16.6. The molecule has 1 heterocycles. The number of carbonyl (C=O) groups excluding carboxylic acids is 3. The van der Waals surface area contributed by atoms with Crippen molar-refractivity contribution in [1.82, 2.24) is 9.80 Å². The lowest BCUT2D eigenvalue weighted by molar-refractivity contribution is -0.135. The van der Waals surface area contributed by atoms with E-state index < -0.39 is 0 Å². The van der Waals surface area contributed by atoms with Gasteiger partial charge in [-0.3, -0.25) is 9.59 Å². The summed E-state index contributed by atoms with van der Waals surface area (Å²) in [5.41, 5.74) is 3.06. The van der Waals surface area contributed by atoms with Gasteiger partial charge in [0, 0.05) is 31.9 Å². The van der Waals surface area contributed by atoms with E-state index in [0.29, 0.717) is 39.2 Å². The van der Waals surface area contributed by atoms with Crippen molar-refractivity contribution in [2.75, 3.05) is 38.1 Å². The third kappa shape index (κ3) is 4.40. The Bertz CT molecular complexity index is 741. The largest absolute Gasteiger partial charge is 0.450 e. The van der Waals surface area contributed by atoms with E-state index in [0.717, 1.165) is 11.3 Å². The van der Waals surface area contributed by atoms with Gasteiger partial charge in [0.15, 0.2) is 0 Å². The van der Waals surface area contributed by atoms with E-state index in [1.165, 1.54) is 5.56 Å². The summed E-state index contributed by atoms with van der Waals surface area (Å²) in [6.45, 7) is 8.06. The summed E-state index contributed by atoms with van der Waals surface area (Å²) in [7, 11) is 0. The van der Waals surface area contributed by atoms with E-state index in [4.69, 9.17) is 4.74 Å². The zero-order valence-corrected chi connectivity index (χ0v) is 16.2. The summed E-state index contributed by atoms with van der Waals surface area (Å²) in [5, 5.41) is 2.92. The standard InChI is InChI=1S/C20H27N3O4/c1-4-27-20(26)23-9-7-22(8-10-23)19(25)17-12-16(17)18(24)21-15-6-5-13(2)14(3)11-15/h5-6,11,16-17H,4,7-10,12H2,1-3H3,(H,21,24). The van der Waals surface area contributed by atoms with Crippen LogP contribution in [0.5, 0.6) is 0 Å². The molecule has 0 spiro atoms. The molecule has 2 atom stereocenters. The lowest BCUT2D eigenvalue weighted by Gasteiger charge is -2.34. The number of amides is 3. The van der Waals surface area contributed by atoms with Gasteiger partial charge in [0.1, 0.15) is 0 Å². The maximum Gasteiger partial charge on any atom is 0.409 e. The predicted octanol–water partition coefficient (Wildman–Crippen LogP) is 2.18. The molecule has 3 rings (SSSR count). The number of anilines is 1. The molecule has 0 bridgehead atoms. The van der Waals surface area contributed by atoms with Crippen LogP contribution in [0, 0.1) is 25.7 Å². The van der Waals surface area contributed by atoms with Crippen molar-refractivity contribution in [3.63, 3.8) is 0 Å². The second-order valence-corrected chi connectivity index (χ2v) is 7.25. The Balaban J connectivity index is 1.48. The number of hydrogen-bond donors (Lipinski definition) is 1. The van der Waals surface area contributed by atoms with E-state index >= 15 is 0 Å². The van der Waals surface area contributed by atoms with Gasteiger partial charge in [-0.25, -0.2) is 4.79 Å². The molecule has 1 aliphatic carbocycles. The van der Waals surface area contributed by atoms with E-state index in [-0.39, 0.29) is 29.7 Å². The zero-order valence-electron chi connectivity index (χ0n) is 16.2. The van der Waals surface area contributed by atoms with Crippen molar-refractivity contribution in [1.29, 1.82) is 0 Å². The van der Waals surface area contributed by atoms with E-state index in [1.807, 2.05) is 32.0 Å². The Morgan fingerprint density at radius 3 is 2.33 bits per heavy atom. The minimum absolute atomic E-state index is 0.0127. The number of carbonyl (C=O) groups is 3. The van der Waals surface area contributed by atoms with Crippen molar-refractivity contribution >= 4 is 23.6 Å². The van der Waals surface area contributed by atoms with Gasteiger partial charge in [0.05, 0.1) is 18.4 Å². The van der Waals surface area contributed by atoms with Gasteiger partial charge < -0.3 is 19.9 Å². The lowest BCUT2D eigenvalue weighted by atomic mass is 10.1. The van der Waals surface area contributed by atoms with Crippen LogP contribution in [0.15, 0.2) is 18.2 Å². The summed E-state index contributed by atoms with van der Waals surface area (Å²) in [4.78, 5) is 40.2. The van der Waals surface area contributed by atoms with Crippen LogP contribution in [0.25, 0.3) is 0 Å². The Morgan fingerprint density at radius 2 is 1.70 bits per heavy atom. The number of piperazine rings is 1. The first-order valence-corrected chi connectivity index (χ1v) is 9.49. The third-order valence-corrected chi connectivity index (χ3v) is 5.34. The topological polar surface area (TPSA) is 79.0 Å². The number of hydrogen-bond acceptors (Lipinski definition) is 4. The third-order valence-electron chi connectivity index (χ3n) is 5.34. The molecule has 2 fully saturated rings. The lowest BCUT2D eigenvalue weighted by Crippen LogP contribution is -2.51. The zero-order chi connectivity index (χ0) is 19.6. The number of rotatable bonds is 4. The van der Waals surface area contributed by atoms with E-state index in [2.05, 4.69) is 5.32 Å². The van der Waals surface area contributed by atoms with Crippen molar-refractivity contribution in [3.05, 3.63) is 29.3 Å². The van der Waals surface area contributed by atoms with Crippen molar-refractivity contribution in [2.45, 2.75) is 27.2 Å². The summed E-state index contributed by atoms with van der Waals surface area (Å²) in [6.07, 6.45) is 0.259.